The molecule has 0 spiro atoms. The summed E-state index contributed by atoms with van der Waals surface area (Å²) in [6.45, 7) is 3.98. The van der Waals surface area contributed by atoms with Crippen LogP contribution in [-0.2, 0) is 0 Å². The van der Waals surface area contributed by atoms with E-state index in [0.717, 1.165) is 55.8 Å². The predicted molar refractivity (Wildman–Crippen MR) is 129 cm³/mol. The van der Waals surface area contributed by atoms with Crippen molar-refractivity contribution in [3.63, 3.8) is 0 Å². The molecule has 0 radical (unpaired) electrons. The van der Waals surface area contributed by atoms with Gasteiger partial charge in [0.1, 0.15) is 17.7 Å². The molecule has 0 saturated carbocycles. The molecule has 0 aliphatic rings. The molecule has 0 aliphatic heterocycles. The molecule has 8 heteroatoms. The second kappa shape index (κ2) is 7.50. The first-order valence-corrected chi connectivity index (χ1v) is 10.8. The number of pyridine rings is 2. The number of nitrogens with zero attached hydrogens (tertiary/aromatic N) is 6. The highest BCUT2D eigenvalue weighted by Crippen LogP contribution is 2.36. The van der Waals surface area contributed by atoms with E-state index in [1.54, 1.807) is 12.5 Å². The molecule has 0 unspecified atom stereocenters. The molecule has 0 amide bonds. The van der Waals surface area contributed by atoms with Crippen LogP contribution in [0.1, 0.15) is 11.5 Å². The molecule has 6 rings (SSSR count). The lowest BCUT2D eigenvalue weighted by Crippen LogP contribution is -1.99. The summed E-state index contributed by atoms with van der Waals surface area (Å²) >= 11 is 6.45. The van der Waals surface area contributed by atoms with E-state index in [-0.39, 0.29) is 0 Å². The zero-order valence-electron chi connectivity index (χ0n) is 17.9. The van der Waals surface area contributed by atoms with Crippen molar-refractivity contribution in [2.75, 3.05) is 0 Å². The molecule has 0 atom stereocenters. The van der Waals surface area contributed by atoms with Crippen LogP contribution in [0.4, 0.5) is 0 Å². The number of H-pyrrole nitrogens is 1. The second-order valence-electron chi connectivity index (χ2n) is 7.88. The lowest BCUT2D eigenvalue weighted by atomic mass is 10.0. The van der Waals surface area contributed by atoms with Crippen LogP contribution in [0.5, 0.6) is 0 Å². The van der Waals surface area contributed by atoms with Crippen LogP contribution in [0, 0.1) is 13.8 Å². The third-order valence-corrected chi connectivity index (χ3v) is 6.07. The number of aryl methyl sites for hydroxylation is 2. The van der Waals surface area contributed by atoms with Crippen LogP contribution in [-0.4, -0.2) is 34.7 Å². The first kappa shape index (κ1) is 19.6. The summed E-state index contributed by atoms with van der Waals surface area (Å²) in [5.74, 6) is 1.52. The standard InChI is InChI=1S/C25H18ClN7/c1-14-10-16(6-8-27-14)17-11-19(25-29-13-30-32-25)24-22(12-17)33(15(2)31-24)21-7-9-28-23-18(21)4-3-5-20(23)26/h3-13H,1-2H3,(H,29,30,32). The number of para-hydroxylation sites is 1. The monoisotopic (exact) mass is 451 g/mol. The fourth-order valence-corrected chi connectivity index (χ4v) is 4.55. The molecule has 1 N–H and O–H groups in total. The largest absolute Gasteiger partial charge is 0.327 e. The Morgan fingerprint density at radius 2 is 1.79 bits per heavy atom. The molecular formula is C25H18ClN7. The van der Waals surface area contributed by atoms with Crippen LogP contribution in [0.2, 0.25) is 5.02 Å². The topological polar surface area (TPSA) is 85.2 Å². The third-order valence-electron chi connectivity index (χ3n) is 5.77. The number of hydrogen-bond donors (Lipinski definition) is 1. The highest BCUT2D eigenvalue weighted by Gasteiger charge is 2.19. The lowest BCUT2D eigenvalue weighted by molar-refractivity contribution is 1.01. The molecule has 160 valence electrons. The number of rotatable bonds is 3. The quantitative estimate of drug-likeness (QED) is 0.373. The Kier molecular flexibility index (Phi) is 4.45. The van der Waals surface area contributed by atoms with E-state index in [4.69, 9.17) is 16.6 Å². The van der Waals surface area contributed by atoms with Crippen LogP contribution in [0.3, 0.4) is 0 Å². The molecule has 6 aromatic rings. The van der Waals surface area contributed by atoms with Gasteiger partial charge in [0.15, 0.2) is 5.82 Å². The SMILES string of the molecule is Cc1cc(-c2cc(-c3nnc[nH]3)c3nc(C)n(-c4ccnc5c(Cl)cccc45)c3c2)ccn1. The van der Waals surface area contributed by atoms with E-state index in [2.05, 4.69) is 47.9 Å². The smallest absolute Gasteiger partial charge is 0.163 e. The summed E-state index contributed by atoms with van der Waals surface area (Å²) in [5.41, 5.74) is 7.46. The van der Waals surface area contributed by atoms with E-state index in [1.165, 1.54) is 0 Å². The number of nitrogens with one attached hydrogen (secondary N) is 1. The Labute approximate surface area is 194 Å². The zero-order valence-corrected chi connectivity index (χ0v) is 18.7. The van der Waals surface area contributed by atoms with Crippen LogP contribution >= 0.6 is 11.6 Å². The fourth-order valence-electron chi connectivity index (χ4n) is 4.33. The van der Waals surface area contributed by atoms with E-state index in [1.807, 2.05) is 50.4 Å². The van der Waals surface area contributed by atoms with Gasteiger partial charge in [-0.25, -0.2) is 4.98 Å². The minimum atomic E-state index is 0.617. The summed E-state index contributed by atoms with van der Waals surface area (Å²) in [4.78, 5) is 16.9. The molecule has 0 bridgehead atoms. The van der Waals surface area contributed by atoms with Crippen molar-refractivity contribution in [2.45, 2.75) is 13.8 Å². The Hall–Kier alpha value is -4.10. The van der Waals surface area contributed by atoms with Gasteiger partial charge in [-0.2, -0.15) is 0 Å². The highest BCUT2D eigenvalue weighted by molar-refractivity contribution is 6.35. The Morgan fingerprint density at radius 3 is 2.61 bits per heavy atom. The van der Waals surface area contributed by atoms with Gasteiger partial charge in [0.05, 0.1) is 21.7 Å². The Balaban J connectivity index is 1.72. The summed E-state index contributed by atoms with van der Waals surface area (Å²) in [5, 5.41) is 9.83. The fraction of sp³-hybridized carbons (Fsp3) is 0.0800. The van der Waals surface area contributed by atoms with Gasteiger partial charge in [0, 0.05) is 29.0 Å². The molecule has 7 nitrogen and oxygen atoms in total. The van der Waals surface area contributed by atoms with E-state index < -0.39 is 0 Å². The van der Waals surface area contributed by atoms with Gasteiger partial charge in [0.2, 0.25) is 0 Å². The van der Waals surface area contributed by atoms with Crippen LogP contribution < -0.4 is 0 Å². The minimum absolute atomic E-state index is 0.617. The number of imidazole rings is 1. The van der Waals surface area contributed by atoms with Gasteiger partial charge in [0.25, 0.3) is 0 Å². The molecule has 0 saturated heterocycles. The number of halogens is 1. The lowest BCUT2D eigenvalue weighted by Gasteiger charge is -2.12. The summed E-state index contributed by atoms with van der Waals surface area (Å²) in [6.07, 6.45) is 5.18. The average molecular weight is 452 g/mol. The maximum atomic E-state index is 6.45. The van der Waals surface area contributed by atoms with Crippen LogP contribution in [0.15, 0.2) is 67.3 Å². The molecule has 4 heterocycles. The van der Waals surface area contributed by atoms with E-state index in [9.17, 15) is 0 Å². The van der Waals surface area contributed by atoms with Crippen molar-refractivity contribution in [1.29, 1.82) is 0 Å². The molecule has 33 heavy (non-hydrogen) atoms. The molecule has 4 aromatic heterocycles. The molecular weight excluding hydrogens is 434 g/mol. The maximum Gasteiger partial charge on any atom is 0.163 e. The zero-order chi connectivity index (χ0) is 22.5. The maximum absolute atomic E-state index is 6.45. The Bertz CT molecular complexity index is 1650. The average Bonchev–Trinajstić information content (AvgIpc) is 3.46. The molecule has 0 aliphatic carbocycles. The third kappa shape index (κ3) is 3.16. The van der Waals surface area contributed by atoms with Crippen LogP contribution in [0.25, 0.3) is 50.1 Å². The first-order valence-electron chi connectivity index (χ1n) is 10.5. The number of aromatic amines is 1. The Morgan fingerprint density at radius 1 is 0.909 bits per heavy atom. The molecule has 0 fully saturated rings. The summed E-state index contributed by atoms with van der Waals surface area (Å²) < 4.78 is 2.15. The van der Waals surface area contributed by atoms with E-state index >= 15 is 0 Å². The minimum Gasteiger partial charge on any atom is -0.327 e. The van der Waals surface area contributed by atoms with Crippen molar-refractivity contribution in [1.82, 2.24) is 34.7 Å². The van der Waals surface area contributed by atoms with Crippen molar-refractivity contribution in [3.8, 4) is 28.2 Å². The van der Waals surface area contributed by atoms with Gasteiger partial charge in [-0.3, -0.25) is 14.5 Å². The highest BCUT2D eigenvalue weighted by atomic mass is 35.5. The number of fused-ring (bicyclic) bond motifs is 2. The number of benzene rings is 2. The predicted octanol–water partition coefficient (Wildman–Crippen LogP) is 5.69. The van der Waals surface area contributed by atoms with Crippen molar-refractivity contribution >= 4 is 33.5 Å². The number of hydrogen-bond acceptors (Lipinski definition) is 5. The van der Waals surface area contributed by atoms with Crippen molar-refractivity contribution in [3.05, 3.63) is 83.8 Å². The van der Waals surface area contributed by atoms with Gasteiger partial charge >= 0.3 is 0 Å². The summed E-state index contributed by atoms with van der Waals surface area (Å²) in [7, 11) is 0. The van der Waals surface area contributed by atoms with E-state index in [0.29, 0.717) is 10.8 Å². The van der Waals surface area contributed by atoms with Gasteiger partial charge in [-0.05, 0) is 61.4 Å². The normalized spacial score (nSPS) is 11.5. The second-order valence-corrected chi connectivity index (χ2v) is 8.28. The first-order chi connectivity index (χ1) is 16.1. The van der Waals surface area contributed by atoms with Gasteiger partial charge < -0.3 is 4.98 Å². The molecule has 2 aromatic carbocycles. The van der Waals surface area contributed by atoms with Gasteiger partial charge in [-0.15, -0.1) is 10.2 Å². The van der Waals surface area contributed by atoms with Gasteiger partial charge in [-0.1, -0.05) is 23.7 Å². The summed E-state index contributed by atoms with van der Waals surface area (Å²) in [6, 6.07) is 16.1. The number of aromatic nitrogens is 7. The van der Waals surface area contributed by atoms with Crippen molar-refractivity contribution < 1.29 is 0 Å². The van der Waals surface area contributed by atoms with Crippen molar-refractivity contribution in [2.24, 2.45) is 0 Å².